The maximum Gasteiger partial charge on any atom is 0.307 e. The topological polar surface area (TPSA) is 66.4 Å². The summed E-state index contributed by atoms with van der Waals surface area (Å²) < 4.78 is 0.878. The summed E-state index contributed by atoms with van der Waals surface area (Å²) in [4.78, 5) is 24.6. The first kappa shape index (κ1) is 16.2. The van der Waals surface area contributed by atoms with Crippen LogP contribution in [0.3, 0.4) is 0 Å². The molecule has 0 spiro atoms. The standard InChI is InChI=1S/C18H20BrNO3/c1-9(2)14-12-6-7-13(14)16(18(22)23)15(12)17(21)20-11-5-3-4-10(19)8-11/h3-5,8,12-13,15-16H,6-7H2,1-2H3,(H,20,21)(H,22,23)/t12-,13-,15+,16-/m1/s1. The van der Waals surface area contributed by atoms with E-state index in [1.165, 1.54) is 11.1 Å². The number of aliphatic carboxylic acids is 1. The van der Waals surface area contributed by atoms with E-state index in [0.717, 1.165) is 17.3 Å². The molecule has 2 N–H and O–H groups in total. The molecule has 0 radical (unpaired) electrons. The molecule has 0 aromatic heterocycles. The van der Waals surface area contributed by atoms with Gasteiger partial charge in [-0.3, -0.25) is 9.59 Å². The summed E-state index contributed by atoms with van der Waals surface area (Å²) >= 11 is 3.38. The van der Waals surface area contributed by atoms with E-state index < -0.39 is 17.8 Å². The number of carbonyl (C=O) groups is 2. The molecule has 2 fully saturated rings. The van der Waals surface area contributed by atoms with Gasteiger partial charge in [0.25, 0.3) is 0 Å². The summed E-state index contributed by atoms with van der Waals surface area (Å²) in [6, 6.07) is 7.36. The highest BCUT2D eigenvalue weighted by Crippen LogP contribution is 2.57. The second-order valence-corrected chi connectivity index (χ2v) is 7.55. The second-order valence-electron chi connectivity index (χ2n) is 6.64. The summed E-state index contributed by atoms with van der Waals surface area (Å²) in [5.74, 6) is -2.04. The third kappa shape index (κ3) is 2.82. The zero-order valence-electron chi connectivity index (χ0n) is 13.2. The van der Waals surface area contributed by atoms with Crippen molar-refractivity contribution in [2.45, 2.75) is 26.7 Å². The lowest BCUT2D eigenvalue weighted by atomic mass is 9.78. The molecule has 23 heavy (non-hydrogen) atoms. The molecule has 0 heterocycles. The molecule has 1 amide bonds. The fourth-order valence-corrected chi connectivity index (χ4v) is 4.80. The van der Waals surface area contributed by atoms with Crippen molar-refractivity contribution in [1.82, 2.24) is 0 Å². The van der Waals surface area contributed by atoms with Crippen molar-refractivity contribution in [3.63, 3.8) is 0 Å². The van der Waals surface area contributed by atoms with Gasteiger partial charge in [0.1, 0.15) is 0 Å². The van der Waals surface area contributed by atoms with E-state index in [2.05, 4.69) is 21.2 Å². The number of rotatable bonds is 3. The summed E-state index contributed by atoms with van der Waals surface area (Å²) in [6.45, 7) is 4.04. The van der Waals surface area contributed by atoms with Crippen molar-refractivity contribution in [2.75, 3.05) is 5.32 Å². The molecule has 2 aliphatic carbocycles. The molecule has 4 nitrogen and oxygen atoms in total. The van der Waals surface area contributed by atoms with E-state index >= 15 is 0 Å². The lowest BCUT2D eigenvalue weighted by molar-refractivity contribution is -0.148. The van der Waals surface area contributed by atoms with Crippen LogP contribution in [0.4, 0.5) is 5.69 Å². The number of anilines is 1. The lowest BCUT2D eigenvalue weighted by Crippen LogP contribution is -2.37. The Morgan fingerprint density at radius 2 is 1.83 bits per heavy atom. The van der Waals surface area contributed by atoms with Crippen molar-refractivity contribution < 1.29 is 14.7 Å². The minimum Gasteiger partial charge on any atom is -0.481 e. The average Bonchev–Trinajstić information content (AvgIpc) is 3.02. The second kappa shape index (κ2) is 6.11. The highest BCUT2D eigenvalue weighted by molar-refractivity contribution is 9.10. The van der Waals surface area contributed by atoms with Gasteiger partial charge in [-0.1, -0.05) is 33.1 Å². The largest absolute Gasteiger partial charge is 0.481 e. The normalized spacial score (nSPS) is 28.7. The Bertz CT molecular complexity index is 693. The number of amides is 1. The third-order valence-corrected chi connectivity index (χ3v) is 5.59. The zero-order valence-corrected chi connectivity index (χ0v) is 14.8. The first-order chi connectivity index (χ1) is 10.9. The predicted octanol–water partition coefficient (Wildman–Crippen LogP) is 4.08. The smallest absolute Gasteiger partial charge is 0.307 e. The monoisotopic (exact) mass is 377 g/mol. The molecule has 0 unspecified atom stereocenters. The number of fused-ring (bicyclic) bond motifs is 2. The molecule has 3 rings (SSSR count). The SMILES string of the molecule is CC(C)=C1[C@H]2CC[C@H]1[C@@H](C(=O)O)[C@H]2C(=O)Nc1cccc(Br)c1. The molecule has 122 valence electrons. The number of benzene rings is 1. The van der Waals surface area contributed by atoms with Crippen LogP contribution < -0.4 is 5.32 Å². The number of allylic oxidation sites excluding steroid dienone is 2. The van der Waals surface area contributed by atoms with Crippen LogP contribution in [0, 0.1) is 23.7 Å². The molecule has 2 bridgehead atoms. The predicted molar refractivity (Wildman–Crippen MR) is 92.0 cm³/mol. The number of carbonyl (C=O) groups excluding carboxylic acids is 1. The molecule has 2 saturated carbocycles. The van der Waals surface area contributed by atoms with Gasteiger partial charge in [-0.25, -0.2) is 0 Å². The Morgan fingerprint density at radius 3 is 2.39 bits per heavy atom. The Kier molecular flexibility index (Phi) is 4.32. The van der Waals surface area contributed by atoms with Crippen molar-refractivity contribution in [3.8, 4) is 0 Å². The van der Waals surface area contributed by atoms with Crippen LogP contribution in [-0.4, -0.2) is 17.0 Å². The summed E-state index contributed by atoms with van der Waals surface area (Å²) in [6.07, 6.45) is 1.79. The van der Waals surface area contributed by atoms with Crippen LogP contribution in [-0.2, 0) is 9.59 Å². The Balaban J connectivity index is 1.90. The van der Waals surface area contributed by atoms with Gasteiger partial charge < -0.3 is 10.4 Å². The quantitative estimate of drug-likeness (QED) is 0.779. The van der Waals surface area contributed by atoms with Gasteiger partial charge in [0.15, 0.2) is 0 Å². The number of carboxylic acid groups (broad SMARTS) is 1. The highest BCUT2D eigenvalue weighted by Gasteiger charge is 2.57. The van der Waals surface area contributed by atoms with E-state index in [4.69, 9.17) is 0 Å². The van der Waals surface area contributed by atoms with Gasteiger partial charge in [0.05, 0.1) is 11.8 Å². The Hall–Kier alpha value is -1.62. The maximum atomic E-state index is 12.8. The molecule has 0 aliphatic heterocycles. The van der Waals surface area contributed by atoms with E-state index in [9.17, 15) is 14.7 Å². The molecule has 1 aromatic carbocycles. The molecule has 0 saturated heterocycles. The van der Waals surface area contributed by atoms with Crippen LogP contribution in [0.15, 0.2) is 39.9 Å². The zero-order chi connectivity index (χ0) is 16.7. The number of nitrogens with one attached hydrogen (secondary N) is 1. The summed E-state index contributed by atoms with van der Waals surface area (Å²) in [5, 5.41) is 12.6. The summed E-state index contributed by atoms with van der Waals surface area (Å²) in [7, 11) is 0. The minimum absolute atomic E-state index is 0.0146. The average molecular weight is 378 g/mol. The fraction of sp³-hybridized carbons (Fsp3) is 0.444. The van der Waals surface area contributed by atoms with Gasteiger partial charge in [0, 0.05) is 10.2 Å². The van der Waals surface area contributed by atoms with Crippen molar-refractivity contribution in [2.24, 2.45) is 23.7 Å². The van der Waals surface area contributed by atoms with Crippen LogP contribution in [0.25, 0.3) is 0 Å². The molecular formula is C18H20BrNO3. The van der Waals surface area contributed by atoms with E-state index in [0.29, 0.717) is 5.69 Å². The van der Waals surface area contributed by atoms with E-state index in [1.54, 1.807) is 0 Å². The number of carboxylic acids is 1. The van der Waals surface area contributed by atoms with Gasteiger partial charge in [-0.05, 0) is 56.7 Å². The number of hydrogen-bond donors (Lipinski definition) is 2. The molecular weight excluding hydrogens is 358 g/mol. The summed E-state index contributed by atoms with van der Waals surface area (Å²) in [5.41, 5.74) is 3.06. The van der Waals surface area contributed by atoms with Crippen LogP contribution in [0.1, 0.15) is 26.7 Å². The maximum absolute atomic E-state index is 12.8. The lowest BCUT2D eigenvalue weighted by Gasteiger charge is -2.26. The van der Waals surface area contributed by atoms with Gasteiger partial charge in [0.2, 0.25) is 5.91 Å². The van der Waals surface area contributed by atoms with Gasteiger partial charge in [-0.2, -0.15) is 0 Å². The van der Waals surface area contributed by atoms with Crippen LogP contribution in [0.5, 0.6) is 0 Å². The van der Waals surface area contributed by atoms with E-state index in [-0.39, 0.29) is 17.7 Å². The minimum atomic E-state index is -0.856. The third-order valence-electron chi connectivity index (χ3n) is 5.10. The van der Waals surface area contributed by atoms with Gasteiger partial charge >= 0.3 is 5.97 Å². The Morgan fingerprint density at radius 1 is 1.17 bits per heavy atom. The fourth-order valence-electron chi connectivity index (χ4n) is 4.40. The first-order valence-electron chi connectivity index (χ1n) is 7.86. The number of halogens is 1. The van der Waals surface area contributed by atoms with Crippen LogP contribution in [0.2, 0.25) is 0 Å². The molecule has 4 atom stereocenters. The molecule has 2 aliphatic rings. The molecule has 5 heteroatoms. The van der Waals surface area contributed by atoms with E-state index in [1.807, 2.05) is 38.1 Å². The highest BCUT2D eigenvalue weighted by atomic mass is 79.9. The van der Waals surface area contributed by atoms with Crippen molar-refractivity contribution in [3.05, 3.63) is 39.9 Å². The number of hydrogen-bond acceptors (Lipinski definition) is 2. The molecule has 1 aromatic rings. The van der Waals surface area contributed by atoms with Crippen molar-refractivity contribution in [1.29, 1.82) is 0 Å². The van der Waals surface area contributed by atoms with Crippen molar-refractivity contribution >= 4 is 33.5 Å². The Labute approximate surface area is 144 Å². The van der Waals surface area contributed by atoms with Gasteiger partial charge in [-0.15, -0.1) is 0 Å². The van der Waals surface area contributed by atoms with Crippen LogP contribution >= 0.6 is 15.9 Å². The first-order valence-corrected chi connectivity index (χ1v) is 8.66.